The van der Waals surface area contributed by atoms with E-state index in [0.29, 0.717) is 5.70 Å². The molecule has 62 valence electrons. The lowest BCUT2D eigenvalue weighted by atomic mass is 10.3. The number of hydrogen-bond acceptors (Lipinski definition) is 3. The van der Waals surface area contributed by atoms with Gasteiger partial charge in [-0.2, -0.15) is 0 Å². The monoisotopic (exact) mass is 162 g/mol. The van der Waals surface area contributed by atoms with Gasteiger partial charge in [0.15, 0.2) is 11.6 Å². The van der Waals surface area contributed by atoms with E-state index in [2.05, 4.69) is 9.89 Å². The molecular formula is C9H10N2O. The van der Waals surface area contributed by atoms with Crippen molar-refractivity contribution in [3.63, 3.8) is 0 Å². The topological polar surface area (TPSA) is 32.7 Å². The molecule has 1 saturated heterocycles. The highest BCUT2D eigenvalue weighted by Gasteiger charge is 2.19. The Labute approximate surface area is 71.1 Å². The Balaban J connectivity index is 2.19. The highest BCUT2D eigenvalue weighted by atomic mass is 16.1. The zero-order chi connectivity index (χ0) is 8.39. The van der Waals surface area contributed by atoms with Gasteiger partial charge < -0.3 is 4.90 Å². The Morgan fingerprint density at radius 2 is 2.17 bits per heavy atom. The normalized spacial score (nSPS) is 21.5. The maximum atomic E-state index is 10.4. The summed E-state index contributed by atoms with van der Waals surface area (Å²) in [5.41, 5.74) is 1.40. The Morgan fingerprint density at radius 1 is 1.42 bits per heavy atom. The summed E-state index contributed by atoms with van der Waals surface area (Å²) >= 11 is 0. The third-order valence-electron chi connectivity index (χ3n) is 2.22. The van der Waals surface area contributed by atoms with E-state index in [1.807, 2.05) is 12.0 Å². The first-order valence-electron chi connectivity index (χ1n) is 4.16. The number of hydrogen-bond donors (Lipinski definition) is 0. The average molecular weight is 162 g/mol. The molecule has 0 saturated carbocycles. The maximum absolute atomic E-state index is 10.4. The molecule has 0 aliphatic carbocycles. The standard InChI is InChI=1S/C9H10N2O/c12-7-8-9(3-4-10-8)11-5-1-2-6-11/h3-4H,1-2,5-6H2. The van der Waals surface area contributed by atoms with Gasteiger partial charge in [-0.15, -0.1) is 0 Å². The summed E-state index contributed by atoms with van der Waals surface area (Å²) in [6, 6.07) is 0. The van der Waals surface area contributed by atoms with Crippen molar-refractivity contribution in [2.75, 3.05) is 13.1 Å². The smallest absolute Gasteiger partial charge is 0.170 e. The van der Waals surface area contributed by atoms with E-state index < -0.39 is 0 Å². The fraction of sp³-hybridized carbons (Fsp3) is 0.444. The number of rotatable bonds is 1. The molecule has 0 aromatic rings. The number of carbonyl (C=O) groups excluding carboxylic acids is 1. The summed E-state index contributed by atoms with van der Waals surface area (Å²) in [6.45, 7) is 2.08. The van der Waals surface area contributed by atoms with Gasteiger partial charge in [0.1, 0.15) is 0 Å². The number of aliphatic imine (C=N–C) groups is 1. The Bertz CT molecular complexity index is 292. The molecule has 0 aromatic heterocycles. The Morgan fingerprint density at radius 3 is 2.83 bits per heavy atom. The number of likely N-dealkylation sites (tertiary alicyclic amines) is 1. The van der Waals surface area contributed by atoms with Gasteiger partial charge in [0.2, 0.25) is 0 Å². The molecule has 0 radical (unpaired) electrons. The molecule has 2 aliphatic heterocycles. The first-order valence-corrected chi connectivity index (χ1v) is 4.16. The number of nitrogens with zero attached hydrogens (tertiary/aromatic N) is 2. The fourth-order valence-electron chi connectivity index (χ4n) is 1.62. The van der Waals surface area contributed by atoms with Crippen molar-refractivity contribution in [3.8, 4) is 0 Å². The highest BCUT2D eigenvalue weighted by molar-refractivity contribution is 5.83. The van der Waals surface area contributed by atoms with Crippen LogP contribution in [0.15, 0.2) is 22.5 Å². The van der Waals surface area contributed by atoms with Crippen molar-refractivity contribution < 1.29 is 4.79 Å². The van der Waals surface area contributed by atoms with Gasteiger partial charge in [-0.1, -0.05) is 0 Å². The van der Waals surface area contributed by atoms with Crippen molar-refractivity contribution in [2.24, 2.45) is 4.99 Å². The molecule has 2 aliphatic rings. The van der Waals surface area contributed by atoms with Gasteiger partial charge in [-0.3, -0.25) is 0 Å². The third-order valence-corrected chi connectivity index (χ3v) is 2.22. The van der Waals surface area contributed by atoms with Crippen LogP contribution in [0.1, 0.15) is 12.8 Å². The predicted molar refractivity (Wildman–Crippen MR) is 46.6 cm³/mol. The molecule has 0 bridgehead atoms. The molecule has 1 fully saturated rings. The Hall–Kier alpha value is -1.34. The van der Waals surface area contributed by atoms with Crippen LogP contribution >= 0.6 is 0 Å². The molecule has 0 amide bonds. The van der Waals surface area contributed by atoms with Gasteiger partial charge in [0, 0.05) is 19.3 Å². The summed E-state index contributed by atoms with van der Waals surface area (Å²) in [5.74, 6) is 1.85. The maximum Gasteiger partial charge on any atom is 0.170 e. The zero-order valence-electron chi connectivity index (χ0n) is 6.79. The van der Waals surface area contributed by atoms with Crippen molar-refractivity contribution in [3.05, 3.63) is 17.5 Å². The minimum absolute atomic E-state index is 0.455. The SMILES string of the molecule is O=C=C1N=CC=C1N1CCCC1. The minimum atomic E-state index is 0.455. The molecule has 0 unspecified atom stereocenters. The predicted octanol–water partition coefficient (Wildman–Crippen LogP) is 0.766. The van der Waals surface area contributed by atoms with Crippen molar-refractivity contribution in [1.82, 2.24) is 4.90 Å². The van der Waals surface area contributed by atoms with E-state index >= 15 is 0 Å². The molecular weight excluding hydrogens is 152 g/mol. The van der Waals surface area contributed by atoms with Gasteiger partial charge in [-0.25, -0.2) is 9.79 Å². The molecule has 3 nitrogen and oxygen atoms in total. The molecule has 0 atom stereocenters. The van der Waals surface area contributed by atoms with Crippen LogP contribution in [0.2, 0.25) is 0 Å². The van der Waals surface area contributed by atoms with Gasteiger partial charge >= 0.3 is 0 Å². The summed E-state index contributed by atoms with van der Waals surface area (Å²) in [4.78, 5) is 16.5. The van der Waals surface area contributed by atoms with E-state index in [4.69, 9.17) is 0 Å². The molecule has 0 spiro atoms. The zero-order valence-corrected chi connectivity index (χ0v) is 6.79. The summed E-state index contributed by atoms with van der Waals surface area (Å²) in [5, 5.41) is 0. The van der Waals surface area contributed by atoms with Crippen LogP contribution < -0.4 is 0 Å². The molecule has 12 heavy (non-hydrogen) atoms. The molecule has 0 N–H and O–H groups in total. The van der Waals surface area contributed by atoms with Crippen molar-refractivity contribution >= 4 is 12.2 Å². The highest BCUT2D eigenvalue weighted by Crippen LogP contribution is 2.22. The van der Waals surface area contributed by atoms with Crippen LogP contribution in [0, 0.1) is 0 Å². The van der Waals surface area contributed by atoms with E-state index in [1.54, 1.807) is 6.21 Å². The minimum Gasteiger partial charge on any atom is -0.369 e. The van der Waals surface area contributed by atoms with Crippen LogP contribution in [-0.4, -0.2) is 30.1 Å². The summed E-state index contributed by atoms with van der Waals surface area (Å²) < 4.78 is 0. The van der Waals surface area contributed by atoms with Gasteiger partial charge in [0.05, 0.1) is 5.70 Å². The number of allylic oxidation sites excluding steroid dienone is 1. The molecule has 0 aromatic carbocycles. The quantitative estimate of drug-likeness (QED) is 0.533. The lowest BCUT2D eigenvalue weighted by Crippen LogP contribution is -2.18. The third kappa shape index (κ3) is 1.08. The second-order valence-electron chi connectivity index (χ2n) is 2.97. The second-order valence-corrected chi connectivity index (χ2v) is 2.97. The van der Waals surface area contributed by atoms with Gasteiger partial charge in [0.25, 0.3) is 0 Å². The average Bonchev–Trinajstić information content (AvgIpc) is 2.74. The van der Waals surface area contributed by atoms with E-state index in [9.17, 15) is 4.79 Å². The lowest BCUT2D eigenvalue weighted by Gasteiger charge is -2.17. The van der Waals surface area contributed by atoms with E-state index in [-0.39, 0.29) is 0 Å². The van der Waals surface area contributed by atoms with E-state index in [0.717, 1.165) is 18.8 Å². The fourth-order valence-corrected chi connectivity index (χ4v) is 1.62. The lowest BCUT2D eigenvalue weighted by molar-refractivity contribution is 0.435. The molecule has 2 heterocycles. The van der Waals surface area contributed by atoms with Crippen LogP contribution in [-0.2, 0) is 4.79 Å². The van der Waals surface area contributed by atoms with E-state index in [1.165, 1.54) is 12.8 Å². The van der Waals surface area contributed by atoms with Crippen LogP contribution in [0.25, 0.3) is 0 Å². The van der Waals surface area contributed by atoms with Crippen molar-refractivity contribution in [1.29, 1.82) is 0 Å². The van der Waals surface area contributed by atoms with Crippen LogP contribution in [0.4, 0.5) is 0 Å². The molecule has 3 heteroatoms. The largest absolute Gasteiger partial charge is 0.369 e. The summed E-state index contributed by atoms with van der Waals surface area (Å²) in [6.07, 6.45) is 5.96. The van der Waals surface area contributed by atoms with Crippen LogP contribution in [0.3, 0.4) is 0 Å². The van der Waals surface area contributed by atoms with Gasteiger partial charge in [-0.05, 0) is 18.9 Å². The second kappa shape index (κ2) is 2.95. The first-order chi connectivity index (χ1) is 5.92. The Kier molecular flexibility index (Phi) is 1.80. The van der Waals surface area contributed by atoms with Crippen LogP contribution in [0.5, 0.6) is 0 Å². The first kappa shape index (κ1) is 7.32. The summed E-state index contributed by atoms with van der Waals surface area (Å²) in [7, 11) is 0. The molecule has 2 rings (SSSR count). The van der Waals surface area contributed by atoms with Crippen molar-refractivity contribution in [2.45, 2.75) is 12.8 Å².